The van der Waals surface area contributed by atoms with Crippen LogP contribution in [0.2, 0.25) is 0 Å². The van der Waals surface area contributed by atoms with Gasteiger partial charge in [-0.2, -0.15) is 5.11 Å². The van der Waals surface area contributed by atoms with E-state index in [9.17, 15) is 48.8 Å². The zero-order valence-electron chi connectivity index (χ0n) is 32.9. The molecule has 7 aromatic rings. The quantitative estimate of drug-likeness (QED) is 0.103. The molecule has 0 unspecified atom stereocenters. The Labute approximate surface area is 419 Å². The van der Waals surface area contributed by atoms with Crippen LogP contribution in [0, 0.1) is 0 Å². The third-order valence-corrected chi connectivity index (χ3v) is 11.2. The molecule has 0 fully saturated rings. The van der Waals surface area contributed by atoms with Gasteiger partial charge in [0.05, 0.1) is 43.1 Å². The molecule has 0 atom stereocenters. The summed E-state index contributed by atoms with van der Waals surface area (Å²) in [6, 6.07) is 25.3. The first kappa shape index (κ1) is 50.8. The predicted molar refractivity (Wildman–Crippen MR) is 211 cm³/mol. The number of benzene rings is 7. The van der Waals surface area contributed by atoms with Crippen LogP contribution >= 0.6 is 0 Å². The third kappa shape index (κ3) is 11.6. The van der Waals surface area contributed by atoms with Crippen LogP contribution in [0.4, 0.5) is 39.8 Å². The van der Waals surface area contributed by atoms with Crippen molar-refractivity contribution >= 4 is 108 Å². The largest absolute Gasteiger partial charge is 1.00 e. The fourth-order valence-electron chi connectivity index (χ4n) is 5.93. The van der Waals surface area contributed by atoms with E-state index >= 15 is 0 Å². The maximum Gasteiger partial charge on any atom is 1.00 e. The molecular weight excluding hydrogens is 896 g/mol. The molecule has 0 saturated heterocycles. The summed E-state index contributed by atoms with van der Waals surface area (Å²) in [6.07, 6.45) is 0. The summed E-state index contributed by atoms with van der Waals surface area (Å²) >= 11 is 0. The summed E-state index contributed by atoms with van der Waals surface area (Å²) in [5, 5.41) is 40.1. The van der Waals surface area contributed by atoms with Crippen molar-refractivity contribution in [3.63, 3.8) is 0 Å². The van der Waals surface area contributed by atoms with Crippen molar-refractivity contribution in [2.75, 3.05) is 5.32 Å². The molecule has 0 aliphatic carbocycles. The van der Waals surface area contributed by atoms with Gasteiger partial charge in [0.25, 0.3) is 0 Å². The minimum atomic E-state index is -4.96. The van der Waals surface area contributed by atoms with E-state index in [-0.39, 0.29) is 156 Å². The van der Waals surface area contributed by atoms with E-state index in [1.165, 1.54) is 61.5 Å². The number of anilines is 1. The van der Waals surface area contributed by atoms with Gasteiger partial charge in [-0.05, 0) is 96.4 Å². The maximum atomic E-state index is 12.0. The Balaban J connectivity index is 0.00000282. The number of amides is 1. The average molecular weight is 920 g/mol. The number of carbonyl (C=O) groups is 1. The molecule has 0 radical (unpaired) electrons. The smallest absolute Gasteiger partial charge is 0.744 e. The summed E-state index contributed by atoms with van der Waals surface area (Å²) in [6.45, 7) is 1.36. The van der Waals surface area contributed by atoms with Crippen LogP contribution < -0.4 is 94.0 Å². The Hall–Kier alpha value is -3.88. The zero-order valence-corrected chi connectivity index (χ0v) is 41.4. The van der Waals surface area contributed by atoms with Gasteiger partial charge in [-0.3, -0.25) is 4.79 Å². The number of phenols is 1. The molecule has 62 heavy (non-hydrogen) atoms. The number of rotatable bonds is 10. The van der Waals surface area contributed by atoms with Gasteiger partial charge in [0.15, 0.2) is 0 Å². The van der Waals surface area contributed by atoms with Gasteiger partial charge in [0.2, 0.25) is 5.91 Å². The van der Waals surface area contributed by atoms with Gasteiger partial charge in [0.1, 0.15) is 41.8 Å². The van der Waals surface area contributed by atoms with Crippen LogP contribution in [0.15, 0.2) is 161 Å². The van der Waals surface area contributed by atoms with Gasteiger partial charge < -0.3 is 24.1 Å². The van der Waals surface area contributed by atoms with Gasteiger partial charge >= 0.3 is 88.7 Å². The maximum absolute atomic E-state index is 12.0. The monoisotopic (exact) mass is 919 g/mol. The molecule has 7 aromatic carbocycles. The van der Waals surface area contributed by atoms with Gasteiger partial charge in [-0.25, -0.2) is 25.3 Å². The molecule has 1 amide bonds. The Bertz CT molecular complexity index is 3340. The van der Waals surface area contributed by atoms with Crippen LogP contribution in [0.25, 0.3) is 32.3 Å². The summed E-state index contributed by atoms with van der Waals surface area (Å²) in [5.74, 6) is -0.612. The van der Waals surface area contributed by atoms with Gasteiger partial charge in [-0.15, -0.1) is 25.6 Å². The van der Waals surface area contributed by atoms with Crippen molar-refractivity contribution in [2.45, 2.75) is 21.6 Å². The number of aromatic hydroxyl groups is 1. The average Bonchev–Trinajstić information content (AvgIpc) is 3.18. The van der Waals surface area contributed by atoms with Crippen molar-refractivity contribution in [1.29, 1.82) is 0 Å². The SMILES string of the molecule is CC(=O)Nc1ccc(N=Nc2ccc(N=Nc3ccc(N=Nc4c(O)ccc5cc(S(=O)(=O)[O-])ccc45)c4cc(S(=O)(=O)[O-])ccc34)c3ccc(S(=O)(=O)[O-])cc23)cc1.[Na+].[Na+].[Na+]. The fourth-order valence-corrected chi connectivity index (χ4v) is 7.43. The molecule has 0 saturated carbocycles. The predicted octanol–water partition coefficient (Wildman–Crippen LogP) is -0.219. The van der Waals surface area contributed by atoms with Crippen molar-refractivity contribution in [2.24, 2.45) is 30.7 Å². The summed E-state index contributed by atoms with van der Waals surface area (Å²) in [5.41, 5.74) is 1.38. The summed E-state index contributed by atoms with van der Waals surface area (Å²) < 4.78 is 107. The van der Waals surface area contributed by atoms with E-state index in [0.717, 1.165) is 36.4 Å². The summed E-state index contributed by atoms with van der Waals surface area (Å²) in [4.78, 5) is 9.71. The number of carbonyl (C=O) groups excluding carboxylic acids is 1. The molecule has 0 aliphatic rings. The molecule has 0 aromatic heterocycles. The first-order chi connectivity index (χ1) is 27.8. The number of nitrogens with zero attached hydrogens (tertiary/aromatic N) is 6. The molecule has 0 spiro atoms. The minimum Gasteiger partial charge on any atom is -0.744 e. The standard InChI is InChI=1S/C38H27N7O11S3.3Na/c1-21(46)39-23-3-5-24(6-4-23)40-41-35-15-13-33(29-11-8-26(19-31(29)35)58(51,52)53)42-43-34-14-16-36(32-20-27(59(54,55)56)9-12-30(32)34)44-45-38-28-10-7-25(57(48,49)50)18-22(28)2-17-37(38)47;;;/h2-20,47H,1H3,(H,39,46)(H,48,49,50)(H,51,52,53)(H,54,55,56);;;/q;3*+1/p-3. The molecular formula is C38H24N7Na3O11S3. The molecule has 0 heterocycles. The van der Waals surface area contributed by atoms with E-state index in [2.05, 4.69) is 36.0 Å². The Morgan fingerprint density at radius 3 is 1.34 bits per heavy atom. The van der Waals surface area contributed by atoms with Crippen LogP contribution in [-0.2, 0) is 35.1 Å². The van der Waals surface area contributed by atoms with Crippen LogP contribution in [-0.4, -0.2) is 49.9 Å². The van der Waals surface area contributed by atoms with Crippen LogP contribution in [0.1, 0.15) is 6.92 Å². The topological polar surface area (TPSA) is 295 Å². The minimum absolute atomic E-state index is 0. The molecule has 298 valence electrons. The number of nitrogens with one attached hydrogen (secondary N) is 1. The molecule has 18 nitrogen and oxygen atoms in total. The van der Waals surface area contributed by atoms with Crippen molar-refractivity contribution in [1.82, 2.24) is 0 Å². The van der Waals surface area contributed by atoms with E-state index in [0.29, 0.717) is 16.8 Å². The van der Waals surface area contributed by atoms with Crippen molar-refractivity contribution in [3.05, 3.63) is 115 Å². The number of hydrogen-bond donors (Lipinski definition) is 2. The van der Waals surface area contributed by atoms with E-state index in [4.69, 9.17) is 0 Å². The number of fused-ring (bicyclic) bond motifs is 3. The van der Waals surface area contributed by atoms with E-state index in [1.807, 2.05) is 0 Å². The molecule has 2 N–H and O–H groups in total. The summed E-state index contributed by atoms with van der Waals surface area (Å²) in [7, 11) is -14.6. The second kappa shape index (κ2) is 20.3. The van der Waals surface area contributed by atoms with E-state index in [1.54, 1.807) is 24.3 Å². The number of phenolic OH excluding ortho intramolecular Hbond substituents is 1. The van der Waals surface area contributed by atoms with Crippen LogP contribution in [0.3, 0.4) is 0 Å². The van der Waals surface area contributed by atoms with Crippen molar-refractivity contribution in [3.8, 4) is 5.75 Å². The van der Waals surface area contributed by atoms with Gasteiger partial charge in [-0.1, -0.05) is 24.3 Å². The fraction of sp³-hybridized carbons (Fsp3) is 0.0263. The number of hydrogen-bond acceptors (Lipinski definition) is 17. The molecule has 0 aliphatic heterocycles. The zero-order chi connectivity index (χ0) is 42.3. The number of azo groups is 3. The molecule has 7 rings (SSSR count). The Morgan fingerprint density at radius 1 is 0.484 bits per heavy atom. The third-order valence-electron chi connectivity index (χ3n) is 8.68. The first-order valence-corrected chi connectivity index (χ1v) is 21.0. The second-order valence-corrected chi connectivity index (χ2v) is 16.8. The second-order valence-electron chi connectivity index (χ2n) is 12.6. The molecule has 24 heteroatoms. The van der Waals surface area contributed by atoms with E-state index < -0.39 is 45.0 Å². The van der Waals surface area contributed by atoms with Gasteiger partial charge in [0, 0.05) is 39.5 Å². The normalized spacial score (nSPS) is 12.1. The van der Waals surface area contributed by atoms with Crippen LogP contribution in [0.5, 0.6) is 5.75 Å². The van der Waals surface area contributed by atoms with Crippen molar-refractivity contribution < 1.29 is 137 Å². The Kier molecular flexibility index (Phi) is 16.6. The first-order valence-electron chi connectivity index (χ1n) is 16.7. The molecule has 0 bridgehead atoms. The Morgan fingerprint density at radius 2 is 0.887 bits per heavy atom.